The molecule has 0 fully saturated rings. The Balaban J connectivity index is 4.08. The van der Waals surface area contributed by atoms with Crippen molar-refractivity contribution in [2.45, 2.75) is 103 Å². The van der Waals surface area contributed by atoms with Gasteiger partial charge in [-0.3, -0.25) is 18.6 Å². The van der Waals surface area contributed by atoms with E-state index in [1.54, 1.807) is 0 Å². The van der Waals surface area contributed by atoms with E-state index in [1.807, 2.05) is 21.1 Å². The van der Waals surface area contributed by atoms with Gasteiger partial charge in [-0.05, 0) is 38.5 Å². The fourth-order valence-corrected chi connectivity index (χ4v) is 4.22. The Labute approximate surface area is 237 Å². The summed E-state index contributed by atoms with van der Waals surface area (Å²) in [6, 6.07) is 0. The Hall–Kier alpha value is -1.51. The van der Waals surface area contributed by atoms with Gasteiger partial charge in [-0.25, -0.2) is 4.57 Å². The van der Waals surface area contributed by atoms with E-state index >= 15 is 0 Å². The summed E-state index contributed by atoms with van der Waals surface area (Å²) >= 11 is 0. The van der Waals surface area contributed by atoms with Gasteiger partial charge in [0.1, 0.15) is 19.8 Å². The number of esters is 2. The second-order valence-electron chi connectivity index (χ2n) is 10.9. The summed E-state index contributed by atoms with van der Waals surface area (Å²) in [6.45, 7) is 3.32. The number of unbranched alkanes of at least 4 members (excludes halogenated alkanes) is 9. The fourth-order valence-electron chi connectivity index (χ4n) is 3.47. The molecule has 228 valence electrons. The zero-order valence-corrected chi connectivity index (χ0v) is 26.0. The first kappa shape index (κ1) is 37.5. The summed E-state index contributed by atoms with van der Waals surface area (Å²) in [7, 11) is 1.45. The predicted octanol–water partition coefficient (Wildman–Crippen LogP) is 6.50. The molecule has 0 aliphatic heterocycles. The third-order valence-electron chi connectivity index (χ3n) is 5.79. The third-order valence-corrected chi connectivity index (χ3v) is 6.78. The van der Waals surface area contributed by atoms with E-state index < -0.39 is 32.5 Å². The van der Waals surface area contributed by atoms with E-state index in [0.29, 0.717) is 17.4 Å². The van der Waals surface area contributed by atoms with Crippen molar-refractivity contribution in [3.63, 3.8) is 0 Å². The van der Waals surface area contributed by atoms with Crippen LogP contribution in [0.1, 0.15) is 97.3 Å². The largest absolute Gasteiger partial charge is 0.472 e. The number of likely N-dealkylation sites (N-methyl/N-ethyl adjacent to an activating group) is 1. The first-order valence-corrected chi connectivity index (χ1v) is 16.0. The molecule has 0 aromatic rings. The highest BCUT2D eigenvalue weighted by Gasteiger charge is 2.26. The average molecular weight is 577 g/mol. The van der Waals surface area contributed by atoms with Gasteiger partial charge in [-0.2, -0.15) is 0 Å². The second-order valence-corrected chi connectivity index (χ2v) is 12.3. The second kappa shape index (κ2) is 23.2. The molecule has 0 aliphatic rings. The van der Waals surface area contributed by atoms with Crippen molar-refractivity contribution < 1.29 is 42.1 Å². The van der Waals surface area contributed by atoms with Crippen LogP contribution in [0.4, 0.5) is 0 Å². The molecule has 0 bridgehead atoms. The Morgan fingerprint density at radius 1 is 0.846 bits per heavy atom. The highest BCUT2D eigenvalue weighted by molar-refractivity contribution is 7.47. The molecular weight excluding hydrogens is 521 g/mol. The van der Waals surface area contributed by atoms with E-state index in [0.717, 1.165) is 38.5 Å². The number of ether oxygens (including phenoxy) is 2. The molecule has 0 radical (unpaired) electrons. The molecule has 0 saturated heterocycles. The highest BCUT2D eigenvalue weighted by Crippen LogP contribution is 2.43. The van der Waals surface area contributed by atoms with Gasteiger partial charge in [0, 0.05) is 13.3 Å². The summed E-state index contributed by atoms with van der Waals surface area (Å²) in [5.41, 5.74) is 0. The van der Waals surface area contributed by atoms with Crippen molar-refractivity contribution in [3.05, 3.63) is 24.3 Å². The van der Waals surface area contributed by atoms with Gasteiger partial charge in [0.15, 0.2) is 6.10 Å². The standard InChI is InChI=1S/C29H54NO8P/c1-6-7-8-9-10-11-12-13-14-15-16-17-18-19-20-21-22-29(32)38-28(25-35-27(2)31)26-37-39(33,34)36-24-23-30(3,4)5/h11-12,14-15,28H,6-10,13,16-26H2,1-5H3/p+1/b12-11-,15-14-. The molecule has 10 heteroatoms. The summed E-state index contributed by atoms with van der Waals surface area (Å²) in [6.07, 6.45) is 21.6. The normalized spacial score (nSPS) is 14.5. The minimum atomic E-state index is -4.33. The molecule has 0 aliphatic carbocycles. The van der Waals surface area contributed by atoms with Crippen molar-refractivity contribution in [1.82, 2.24) is 0 Å². The van der Waals surface area contributed by atoms with Crippen LogP contribution in [0.25, 0.3) is 0 Å². The Bertz CT molecular complexity index is 748. The Morgan fingerprint density at radius 2 is 1.44 bits per heavy atom. The van der Waals surface area contributed by atoms with Gasteiger partial charge in [-0.15, -0.1) is 0 Å². The summed E-state index contributed by atoms with van der Waals surface area (Å²) in [5.74, 6) is -1.01. The number of phosphoric ester groups is 1. The van der Waals surface area contributed by atoms with Crippen molar-refractivity contribution in [1.29, 1.82) is 0 Å². The Morgan fingerprint density at radius 3 is 2.03 bits per heavy atom. The average Bonchev–Trinajstić information content (AvgIpc) is 2.84. The maximum atomic E-state index is 12.3. The number of rotatable bonds is 25. The zero-order valence-electron chi connectivity index (χ0n) is 25.1. The summed E-state index contributed by atoms with van der Waals surface area (Å²) < 4.78 is 32.9. The van der Waals surface area contributed by atoms with Crippen LogP contribution < -0.4 is 0 Å². The van der Waals surface area contributed by atoms with Crippen LogP contribution in [0.2, 0.25) is 0 Å². The van der Waals surface area contributed by atoms with Crippen molar-refractivity contribution in [2.24, 2.45) is 0 Å². The van der Waals surface area contributed by atoms with Gasteiger partial charge in [0.25, 0.3) is 0 Å². The SMILES string of the molecule is CCCCCC/C=C\C/C=C\CCCCCCCC(=O)OC(COC(C)=O)COP(=O)(O)OCC[N+](C)(C)C. The minimum Gasteiger partial charge on any atom is -0.462 e. The van der Waals surface area contributed by atoms with E-state index in [4.69, 9.17) is 18.5 Å². The number of allylic oxidation sites excluding steroid dienone is 4. The van der Waals surface area contributed by atoms with Crippen LogP contribution >= 0.6 is 7.82 Å². The van der Waals surface area contributed by atoms with Gasteiger partial charge >= 0.3 is 19.8 Å². The van der Waals surface area contributed by atoms with Gasteiger partial charge in [0.05, 0.1) is 27.7 Å². The molecule has 1 N–H and O–H groups in total. The molecule has 9 nitrogen and oxygen atoms in total. The van der Waals surface area contributed by atoms with Crippen LogP contribution in [0, 0.1) is 0 Å². The lowest BCUT2D eigenvalue weighted by Gasteiger charge is -2.24. The Kier molecular flexibility index (Phi) is 22.3. The van der Waals surface area contributed by atoms with E-state index in [2.05, 4.69) is 31.2 Å². The van der Waals surface area contributed by atoms with Crippen molar-refractivity contribution in [2.75, 3.05) is 47.5 Å². The number of carbonyl (C=O) groups excluding carboxylic acids is 2. The number of carbonyl (C=O) groups is 2. The first-order chi connectivity index (χ1) is 18.4. The topological polar surface area (TPSA) is 108 Å². The molecule has 0 aromatic carbocycles. The maximum absolute atomic E-state index is 12.3. The highest BCUT2D eigenvalue weighted by atomic mass is 31.2. The molecule has 2 atom stereocenters. The number of hydrogen-bond donors (Lipinski definition) is 1. The maximum Gasteiger partial charge on any atom is 0.472 e. The van der Waals surface area contributed by atoms with Crippen LogP contribution in [0.15, 0.2) is 24.3 Å². The fraction of sp³-hybridized carbons (Fsp3) is 0.793. The van der Waals surface area contributed by atoms with E-state index in [-0.39, 0.29) is 19.6 Å². The van der Waals surface area contributed by atoms with Crippen LogP contribution in [0.5, 0.6) is 0 Å². The first-order valence-electron chi connectivity index (χ1n) is 14.5. The van der Waals surface area contributed by atoms with Crippen LogP contribution in [-0.2, 0) is 32.7 Å². The minimum absolute atomic E-state index is 0.0264. The summed E-state index contributed by atoms with van der Waals surface area (Å²) in [5, 5.41) is 0. The lowest BCUT2D eigenvalue weighted by Crippen LogP contribution is -2.37. The number of quaternary nitrogens is 1. The zero-order chi connectivity index (χ0) is 29.4. The van der Waals surface area contributed by atoms with E-state index in [9.17, 15) is 19.0 Å². The van der Waals surface area contributed by atoms with Crippen LogP contribution in [0.3, 0.4) is 0 Å². The van der Waals surface area contributed by atoms with Gasteiger partial charge in [-0.1, -0.05) is 69.8 Å². The molecule has 0 spiro atoms. The monoisotopic (exact) mass is 576 g/mol. The quantitative estimate of drug-likeness (QED) is 0.0431. The van der Waals surface area contributed by atoms with Gasteiger partial charge in [0.2, 0.25) is 0 Å². The van der Waals surface area contributed by atoms with Crippen molar-refractivity contribution >= 4 is 19.8 Å². The third kappa shape index (κ3) is 27.8. The number of phosphoric acid groups is 1. The summed E-state index contributed by atoms with van der Waals surface area (Å²) in [4.78, 5) is 33.3. The smallest absolute Gasteiger partial charge is 0.462 e. The number of nitrogens with zero attached hydrogens (tertiary/aromatic N) is 1. The van der Waals surface area contributed by atoms with Gasteiger partial charge < -0.3 is 18.9 Å². The molecule has 39 heavy (non-hydrogen) atoms. The van der Waals surface area contributed by atoms with Crippen LogP contribution in [-0.4, -0.2) is 74.9 Å². The molecule has 0 amide bonds. The molecule has 0 aromatic heterocycles. The van der Waals surface area contributed by atoms with E-state index in [1.165, 1.54) is 39.0 Å². The predicted molar refractivity (Wildman–Crippen MR) is 155 cm³/mol. The molecule has 0 rings (SSSR count). The molecule has 2 unspecified atom stereocenters. The van der Waals surface area contributed by atoms with Crippen molar-refractivity contribution in [3.8, 4) is 0 Å². The molecule has 0 heterocycles. The number of hydrogen-bond acceptors (Lipinski definition) is 7. The lowest BCUT2D eigenvalue weighted by molar-refractivity contribution is -0.870. The molecule has 0 saturated carbocycles. The molecular formula is C29H55NO8P+. The lowest BCUT2D eigenvalue weighted by atomic mass is 10.1.